The molecule has 0 fully saturated rings. The highest BCUT2D eigenvalue weighted by atomic mass is 32.1. The third-order valence-corrected chi connectivity index (χ3v) is 8.30. The third-order valence-electron chi connectivity index (χ3n) is 5.65. The maximum Gasteiger partial charge on any atom is 0.263 e. The predicted molar refractivity (Wildman–Crippen MR) is 124 cm³/mol. The molecular formula is C21H27N7O2S2. The number of aromatic amines is 1. The standard InChI is InChI=1S/C21H27N7O2S2/c1-11(22)10-21(20-23-25-26-24-20)16-12(8-14(31-16)18(29)27(2)3)6-7-13-9-15(32-17(13)21)19(30)28(4)5/h8-9,11H,6-7,10,22H2,1-5H3,(H,23,24,25,26)/t11-/m1/s1. The zero-order chi connectivity index (χ0) is 23.2. The fourth-order valence-corrected chi connectivity index (χ4v) is 7.21. The number of tetrazole rings is 1. The molecule has 32 heavy (non-hydrogen) atoms. The van der Waals surface area contributed by atoms with Crippen molar-refractivity contribution in [2.45, 2.75) is 37.6 Å². The maximum absolute atomic E-state index is 12.8. The monoisotopic (exact) mass is 473 g/mol. The van der Waals surface area contributed by atoms with Crippen LogP contribution in [0.2, 0.25) is 0 Å². The molecule has 170 valence electrons. The lowest BCUT2D eigenvalue weighted by atomic mass is 9.76. The van der Waals surface area contributed by atoms with Crippen LogP contribution in [0.4, 0.5) is 0 Å². The number of amides is 2. The number of rotatable bonds is 5. The summed E-state index contributed by atoms with van der Waals surface area (Å²) in [6.07, 6.45) is 2.04. The predicted octanol–water partition coefficient (Wildman–Crippen LogP) is 1.90. The molecule has 1 aliphatic rings. The Morgan fingerprint density at radius 3 is 1.94 bits per heavy atom. The molecule has 3 aromatic heterocycles. The Morgan fingerprint density at radius 1 is 1.06 bits per heavy atom. The molecule has 3 heterocycles. The number of carbonyl (C=O) groups is 2. The highest BCUT2D eigenvalue weighted by Crippen LogP contribution is 2.52. The summed E-state index contributed by atoms with van der Waals surface area (Å²) in [5.74, 6) is 0.428. The molecule has 3 N–H and O–H groups in total. The molecular weight excluding hydrogens is 446 g/mol. The normalized spacial score (nSPS) is 15.4. The number of thiophene rings is 2. The van der Waals surface area contributed by atoms with Gasteiger partial charge < -0.3 is 15.5 Å². The van der Waals surface area contributed by atoms with E-state index in [0.29, 0.717) is 22.0 Å². The molecule has 4 rings (SSSR count). The Labute approximate surface area is 194 Å². The molecule has 0 aliphatic heterocycles. The van der Waals surface area contributed by atoms with Crippen LogP contribution in [0.3, 0.4) is 0 Å². The van der Waals surface area contributed by atoms with Gasteiger partial charge in [-0.2, -0.15) is 5.21 Å². The Hall–Kier alpha value is -2.63. The second-order valence-electron chi connectivity index (χ2n) is 8.65. The molecule has 0 aromatic carbocycles. The number of nitrogens with one attached hydrogen (secondary N) is 1. The van der Waals surface area contributed by atoms with Crippen molar-refractivity contribution in [1.29, 1.82) is 0 Å². The lowest BCUT2D eigenvalue weighted by Crippen LogP contribution is -2.36. The third kappa shape index (κ3) is 3.63. The molecule has 0 bridgehead atoms. The molecule has 2 amide bonds. The number of aryl methyl sites for hydroxylation is 2. The number of nitrogens with zero attached hydrogens (tertiary/aromatic N) is 5. The lowest BCUT2D eigenvalue weighted by molar-refractivity contribution is 0.0825. The fourth-order valence-electron chi connectivity index (χ4n) is 4.28. The SMILES string of the molecule is C[C@@H](N)CC1(c2nn[nH]n2)c2sc(C(=O)N(C)C)cc2CCc2cc(C(=O)N(C)C)sc21. The summed E-state index contributed by atoms with van der Waals surface area (Å²) in [5, 5.41) is 15.2. The lowest BCUT2D eigenvalue weighted by Gasteiger charge is -2.31. The fraction of sp³-hybridized carbons (Fsp3) is 0.476. The minimum Gasteiger partial charge on any atom is -0.344 e. The number of fused-ring (bicyclic) bond motifs is 2. The van der Waals surface area contributed by atoms with Gasteiger partial charge in [0, 0.05) is 44.0 Å². The van der Waals surface area contributed by atoms with Crippen molar-refractivity contribution in [3.63, 3.8) is 0 Å². The molecule has 3 aromatic rings. The number of aromatic nitrogens is 4. The van der Waals surface area contributed by atoms with Crippen LogP contribution >= 0.6 is 22.7 Å². The number of carbonyl (C=O) groups excluding carboxylic acids is 2. The Balaban J connectivity index is 2.02. The second-order valence-corrected chi connectivity index (χ2v) is 10.8. The van der Waals surface area contributed by atoms with Gasteiger partial charge in [-0.15, -0.1) is 32.9 Å². The van der Waals surface area contributed by atoms with E-state index < -0.39 is 5.41 Å². The first-order valence-electron chi connectivity index (χ1n) is 10.3. The minimum atomic E-state index is -0.784. The molecule has 0 saturated heterocycles. The quantitative estimate of drug-likeness (QED) is 0.584. The second kappa shape index (κ2) is 8.38. The van der Waals surface area contributed by atoms with Crippen molar-refractivity contribution < 1.29 is 9.59 Å². The van der Waals surface area contributed by atoms with E-state index in [9.17, 15) is 9.59 Å². The van der Waals surface area contributed by atoms with Crippen molar-refractivity contribution in [3.05, 3.63) is 48.6 Å². The van der Waals surface area contributed by atoms with Gasteiger partial charge in [-0.25, -0.2) is 0 Å². The first-order valence-corrected chi connectivity index (χ1v) is 12.0. The maximum atomic E-state index is 12.8. The summed E-state index contributed by atoms with van der Waals surface area (Å²) in [4.78, 5) is 32.1. The summed E-state index contributed by atoms with van der Waals surface area (Å²) in [7, 11) is 6.99. The van der Waals surface area contributed by atoms with Crippen LogP contribution in [0.25, 0.3) is 0 Å². The Kier molecular flexibility index (Phi) is 5.91. The van der Waals surface area contributed by atoms with Gasteiger partial charge in [0.05, 0.1) is 9.75 Å². The zero-order valence-corrected chi connectivity index (χ0v) is 20.4. The van der Waals surface area contributed by atoms with Crippen molar-refractivity contribution in [3.8, 4) is 0 Å². The average molecular weight is 474 g/mol. The summed E-state index contributed by atoms with van der Waals surface area (Å²) < 4.78 is 0. The van der Waals surface area contributed by atoms with E-state index in [2.05, 4.69) is 20.6 Å². The van der Waals surface area contributed by atoms with Crippen molar-refractivity contribution in [1.82, 2.24) is 30.4 Å². The van der Waals surface area contributed by atoms with Gasteiger partial charge in [-0.05, 0) is 49.4 Å². The molecule has 0 unspecified atom stereocenters. The van der Waals surface area contributed by atoms with Gasteiger partial charge in [0.1, 0.15) is 5.41 Å². The van der Waals surface area contributed by atoms with Gasteiger partial charge in [0.2, 0.25) is 0 Å². The van der Waals surface area contributed by atoms with E-state index >= 15 is 0 Å². The number of hydrogen-bond acceptors (Lipinski definition) is 8. The molecule has 9 nitrogen and oxygen atoms in total. The van der Waals surface area contributed by atoms with E-state index in [1.165, 1.54) is 22.7 Å². The molecule has 11 heteroatoms. The van der Waals surface area contributed by atoms with Crippen LogP contribution in [0.15, 0.2) is 12.1 Å². The molecule has 1 atom stereocenters. The van der Waals surface area contributed by atoms with E-state index in [0.717, 1.165) is 33.7 Å². The van der Waals surface area contributed by atoms with Gasteiger partial charge >= 0.3 is 0 Å². The number of H-pyrrole nitrogens is 1. The summed E-state index contributed by atoms with van der Waals surface area (Å²) >= 11 is 2.93. The van der Waals surface area contributed by atoms with Crippen molar-refractivity contribution >= 4 is 34.5 Å². The highest BCUT2D eigenvalue weighted by molar-refractivity contribution is 7.16. The van der Waals surface area contributed by atoms with Crippen LogP contribution in [-0.2, 0) is 18.3 Å². The minimum absolute atomic E-state index is 0.0410. The van der Waals surface area contributed by atoms with Crippen molar-refractivity contribution in [2.75, 3.05) is 28.2 Å². The zero-order valence-electron chi connectivity index (χ0n) is 18.8. The van der Waals surface area contributed by atoms with Crippen LogP contribution in [0.1, 0.15) is 59.4 Å². The molecule has 0 saturated carbocycles. The van der Waals surface area contributed by atoms with Crippen LogP contribution < -0.4 is 5.73 Å². The summed E-state index contributed by atoms with van der Waals surface area (Å²) in [5.41, 5.74) is 7.78. The number of nitrogens with two attached hydrogens (primary N) is 1. The van der Waals surface area contributed by atoms with Crippen LogP contribution in [0.5, 0.6) is 0 Å². The van der Waals surface area contributed by atoms with E-state index in [1.807, 2.05) is 19.1 Å². The van der Waals surface area contributed by atoms with E-state index in [-0.39, 0.29) is 17.9 Å². The van der Waals surface area contributed by atoms with Crippen LogP contribution in [0, 0.1) is 0 Å². The van der Waals surface area contributed by atoms with E-state index in [1.54, 1.807) is 38.0 Å². The topological polar surface area (TPSA) is 121 Å². The Morgan fingerprint density at radius 2 is 1.56 bits per heavy atom. The largest absolute Gasteiger partial charge is 0.344 e. The van der Waals surface area contributed by atoms with Gasteiger partial charge in [0.15, 0.2) is 5.82 Å². The van der Waals surface area contributed by atoms with Gasteiger partial charge in [-0.1, -0.05) is 5.21 Å². The summed E-state index contributed by atoms with van der Waals surface area (Å²) in [6, 6.07) is 3.79. The highest BCUT2D eigenvalue weighted by Gasteiger charge is 2.48. The number of hydrogen-bond donors (Lipinski definition) is 2. The molecule has 0 radical (unpaired) electrons. The molecule has 1 aliphatic carbocycles. The van der Waals surface area contributed by atoms with Gasteiger partial charge in [0.25, 0.3) is 11.8 Å². The average Bonchev–Trinajstić information content (AvgIpc) is 3.48. The Bertz CT molecular complexity index is 1080. The smallest absolute Gasteiger partial charge is 0.263 e. The first-order chi connectivity index (χ1) is 15.1. The molecule has 0 spiro atoms. The first kappa shape index (κ1) is 22.6. The summed E-state index contributed by atoms with van der Waals surface area (Å²) in [6.45, 7) is 1.95. The van der Waals surface area contributed by atoms with Gasteiger partial charge in [-0.3, -0.25) is 9.59 Å². The van der Waals surface area contributed by atoms with Crippen molar-refractivity contribution in [2.24, 2.45) is 5.73 Å². The van der Waals surface area contributed by atoms with Crippen LogP contribution in [-0.4, -0.2) is 76.5 Å². The van der Waals surface area contributed by atoms with E-state index in [4.69, 9.17) is 5.73 Å².